The number of aliphatic hydroxyl groups is 1. The van der Waals surface area contributed by atoms with Crippen molar-refractivity contribution in [3.05, 3.63) is 28.2 Å². The van der Waals surface area contributed by atoms with E-state index in [-0.39, 0.29) is 17.7 Å². The molecule has 4 aliphatic carbocycles. The maximum Gasteiger partial charge on any atom is 0.110 e. The molecule has 2 fully saturated rings. The minimum absolute atomic E-state index is 0.178. The molecule has 4 aliphatic rings. The summed E-state index contributed by atoms with van der Waals surface area (Å²) >= 11 is 0. The first kappa shape index (κ1) is 13.6. The molecule has 4 nitrogen and oxygen atoms in total. The molecule has 0 radical (unpaired) electrons. The Kier molecular flexibility index (Phi) is 3.09. The van der Waals surface area contributed by atoms with Crippen molar-refractivity contribution < 1.29 is 5.11 Å². The van der Waals surface area contributed by atoms with Crippen molar-refractivity contribution in [2.75, 3.05) is 0 Å². The molecule has 4 heteroatoms. The highest BCUT2D eigenvalue weighted by atomic mass is 16.3. The second-order valence-corrected chi connectivity index (χ2v) is 7.45. The first-order valence-corrected chi connectivity index (χ1v) is 8.33. The molecule has 0 aromatic carbocycles. The molecule has 6 unspecified atom stereocenters. The first-order chi connectivity index (χ1) is 10.1. The molecule has 0 bridgehead atoms. The van der Waals surface area contributed by atoms with Crippen molar-refractivity contribution >= 4 is 0 Å². The lowest BCUT2D eigenvalue weighted by Crippen LogP contribution is -2.57. The largest absolute Gasteiger partial charge is 0.389 e. The number of nitrogens with two attached hydrogens (primary N) is 1. The Morgan fingerprint density at radius 2 is 2.14 bits per heavy atom. The number of nitroso groups, excluding NO2 is 1. The van der Waals surface area contributed by atoms with E-state index in [1.807, 2.05) is 6.08 Å². The van der Waals surface area contributed by atoms with Crippen LogP contribution >= 0.6 is 0 Å². The van der Waals surface area contributed by atoms with E-state index in [1.165, 1.54) is 17.6 Å². The molecule has 0 spiro atoms. The quantitative estimate of drug-likeness (QED) is 0.728. The Bertz CT molecular complexity index is 527. The lowest BCUT2D eigenvalue weighted by atomic mass is 9.57. The number of fused-ring (bicyclic) bond motifs is 4. The van der Waals surface area contributed by atoms with Gasteiger partial charge in [0.1, 0.15) is 6.04 Å². The molecule has 0 aromatic rings. The highest BCUT2D eigenvalue weighted by Crippen LogP contribution is 2.56. The number of rotatable bonds is 1. The van der Waals surface area contributed by atoms with Crippen molar-refractivity contribution in [1.29, 1.82) is 0 Å². The first-order valence-electron chi connectivity index (χ1n) is 8.33. The number of allylic oxidation sites excluding steroid dienone is 2. The summed E-state index contributed by atoms with van der Waals surface area (Å²) < 4.78 is 0. The van der Waals surface area contributed by atoms with E-state index >= 15 is 0 Å². The number of hydrogen-bond donors (Lipinski definition) is 2. The molecule has 21 heavy (non-hydrogen) atoms. The van der Waals surface area contributed by atoms with Crippen LogP contribution < -0.4 is 5.73 Å². The van der Waals surface area contributed by atoms with Crippen molar-refractivity contribution in [1.82, 2.24) is 0 Å². The van der Waals surface area contributed by atoms with Crippen molar-refractivity contribution in [2.24, 2.45) is 28.7 Å². The van der Waals surface area contributed by atoms with Gasteiger partial charge in [-0.15, -0.1) is 0 Å². The molecule has 0 saturated heterocycles. The smallest absolute Gasteiger partial charge is 0.110 e. The number of hydrogen-bond acceptors (Lipinski definition) is 4. The molecule has 6 atom stereocenters. The van der Waals surface area contributed by atoms with Crippen molar-refractivity contribution in [3.63, 3.8) is 0 Å². The van der Waals surface area contributed by atoms with Gasteiger partial charge in [0.25, 0.3) is 0 Å². The third-order valence-corrected chi connectivity index (χ3v) is 6.65. The normalized spacial score (nSPS) is 48.6. The van der Waals surface area contributed by atoms with E-state index in [2.05, 4.69) is 11.3 Å². The van der Waals surface area contributed by atoms with Crippen molar-refractivity contribution in [3.8, 4) is 0 Å². The summed E-state index contributed by atoms with van der Waals surface area (Å²) in [5.74, 6) is 1.65. The van der Waals surface area contributed by atoms with Gasteiger partial charge in [-0.25, -0.2) is 0 Å². The van der Waals surface area contributed by atoms with Crippen LogP contribution in [0.15, 0.2) is 28.5 Å². The summed E-state index contributed by atoms with van der Waals surface area (Å²) in [5.41, 5.74) is 9.23. The molecule has 2 saturated carbocycles. The van der Waals surface area contributed by atoms with E-state index < -0.39 is 0 Å². The van der Waals surface area contributed by atoms with Gasteiger partial charge in [-0.2, -0.15) is 4.91 Å². The fourth-order valence-electron chi connectivity index (χ4n) is 5.67. The van der Waals surface area contributed by atoms with Crippen LogP contribution in [0.25, 0.3) is 0 Å². The van der Waals surface area contributed by atoms with Gasteiger partial charge in [-0.05, 0) is 68.3 Å². The van der Waals surface area contributed by atoms with Crippen LogP contribution in [0.4, 0.5) is 0 Å². The molecule has 114 valence electrons. The predicted molar refractivity (Wildman–Crippen MR) is 81.5 cm³/mol. The maximum absolute atomic E-state index is 11.1. The van der Waals surface area contributed by atoms with E-state index in [0.717, 1.165) is 38.5 Å². The SMILES string of the molecule is NC12CCC3C4=C(CCC3C1CCC2N=O)CC(O)C=C4. The second kappa shape index (κ2) is 4.75. The molecule has 0 aromatic heterocycles. The molecule has 0 heterocycles. The summed E-state index contributed by atoms with van der Waals surface area (Å²) in [4.78, 5) is 11.1. The second-order valence-electron chi connectivity index (χ2n) is 7.45. The van der Waals surface area contributed by atoms with Crippen LogP contribution in [0.3, 0.4) is 0 Å². The number of aliphatic hydroxyl groups excluding tert-OH is 1. The molecule has 0 amide bonds. The Morgan fingerprint density at radius 3 is 2.95 bits per heavy atom. The Balaban J connectivity index is 1.65. The van der Waals surface area contributed by atoms with Gasteiger partial charge in [-0.3, -0.25) is 0 Å². The van der Waals surface area contributed by atoms with Gasteiger partial charge in [0.15, 0.2) is 0 Å². The van der Waals surface area contributed by atoms with Gasteiger partial charge >= 0.3 is 0 Å². The monoisotopic (exact) mass is 288 g/mol. The molecular weight excluding hydrogens is 264 g/mol. The molecule has 3 N–H and O–H groups in total. The minimum Gasteiger partial charge on any atom is -0.389 e. The lowest BCUT2D eigenvalue weighted by molar-refractivity contribution is 0.0829. The minimum atomic E-state index is -0.348. The summed E-state index contributed by atoms with van der Waals surface area (Å²) in [6.07, 6.45) is 10.8. The topological polar surface area (TPSA) is 75.7 Å². The lowest BCUT2D eigenvalue weighted by Gasteiger charge is -2.50. The third kappa shape index (κ3) is 1.88. The zero-order chi connectivity index (χ0) is 14.6. The van der Waals surface area contributed by atoms with Crippen LogP contribution in [-0.4, -0.2) is 22.8 Å². The van der Waals surface area contributed by atoms with Crippen LogP contribution in [0.5, 0.6) is 0 Å². The Hall–Kier alpha value is -1.00. The van der Waals surface area contributed by atoms with Crippen LogP contribution in [0, 0.1) is 22.7 Å². The zero-order valence-electron chi connectivity index (χ0n) is 12.4. The summed E-state index contributed by atoms with van der Waals surface area (Å²) in [5, 5.41) is 13.2. The summed E-state index contributed by atoms with van der Waals surface area (Å²) in [6.45, 7) is 0. The fourth-order valence-corrected chi connectivity index (χ4v) is 5.67. The Labute approximate surface area is 125 Å². The third-order valence-electron chi connectivity index (χ3n) is 6.65. The Morgan fingerprint density at radius 1 is 1.29 bits per heavy atom. The van der Waals surface area contributed by atoms with E-state index in [9.17, 15) is 10.0 Å². The van der Waals surface area contributed by atoms with E-state index in [0.29, 0.717) is 17.8 Å². The highest BCUT2D eigenvalue weighted by Gasteiger charge is 2.56. The van der Waals surface area contributed by atoms with E-state index in [4.69, 9.17) is 5.73 Å². The average molecular weight is 288 g/mol. The van der Waals surface area contributed by atoms with Crippen LogP contribution in [-0.2, 0) is 0 Å². The standard InChI is InChI=1S/C17H24N2O2/c18-17-8-7-13-12-4-2-11(20)9-10(12)1-3-14(13)15(17)5-6-16(17)19-21/h2,4,11,13-16,20H,1,3,5-9,18H2. The highest BCUT2D eigenvalue weighted by molar-refractivity contribution is 5.37. The van der Waals surface area contributed by atoms with Crippen molar-refractivity contribution in [2.45, 2.75) is 62.6 Å². The van der Waals surface area contributed by atoms with Gasteiger partial charge in [-0.1, -0.05) is 22.9 Å². The predicted octanol–water partition coefficient (Wildman–Crippen LogP) is 2.67. The summed E-state index contributed by atoms with van der Waals surface area (Å²) in [6, 6.07) is -0.178. The number of nitrogens with zero attached hydrogens (tertiary/aromatic N) is 1. The molecular formula is C17H24N2O2. The van der Waals surface area contributed by atoms with Crippen LogP contribution in [0.2, 0.25) is 0 Å². The van der Waals surface area contributed by atoms with E-state index in [1.54, 1.807) is 0 Å². The van der Waals surface area contributed by atoms with Gasteiger partial charge in [0.05, 0.1) is 6.10 Å². The van der Waals surface area contributed by atoms with Gasteiger partial charge < -0.3 is 10.8 Å². The van der Waals surface area contributed by atoms with Gasteiger partial charge in [0.2, 0.25) is 0 Å². The van der Waals surface area contributed by atoms with Gasteiger partial charge in [0, 0.05) is 5.54 Å². The molecule has 0 aliphatic heterocycles. The maximum atomic E-state index is 11.1. The zero-order valence-corrected chi connectivity index (χ0v) is 12.4. The summed E-state index contributed by atoms with van der Waals surface area (Å²) in [7, 11) is 0. The fraction of sp³-hybridized carbons (Fsp3) is 0.765. The molecule has 4 rings (SSSR count). The van der Waals surface area contributed by atoms with Crippen LogP contribution in [0.1, 0.15) is 44.9 Å². The average Bonchev–Trinajstić information content (AvgIpc) is 2.83.